The van der Waals surface area contributed by atoms with E-state index in [-0.39, 0.29) is 37.5 Å². The Hall–Kier alpha value is -3.41. The van der Waals surface area contributed by atoms with Gasteiger partial charge in [0.15, 0.2) is 6.10 Å². The summed E-state index contributed by atoms with van der Waals surface area (Å²) in [5.74, 6) is -0.943. The molecule has 0 aliphatic carbocycles. The van der Waals surface area contributed by atoms with Crippen molar-refractivity contribution >= 4 is 17.9 Å². The van der Waals surface area contributed by atoms with E-state index in [9.17, 15) is 14.4 Å². The van der Waals surface area contributed by atoms with E-state index >= 15 is 0 Å². The van der Waals surface area contributed by atoms with Crippen molar-refractivity contribution in [2.75, 3.05) is 13.2 Å². The summed E-state index contributed by atoms with van der Waals surface area (Å²) in [6.45, 7) is 6.50. The molecule has 0 radical (unpaired) electrons. The van der Waals surface area contributed by atoms with E-state index in [0.29, 0.717) is 19.3 Å². The van der Waals surface area contributed by atoms with Crippen LogP contribution < -0.4 is 0 Å². The first-order valence-corrected chi connectivity index (χ1v) is 35.6. The highest BCUT2D eigenvalue weighted by molar-refractivity contribution is 5.71. The molecule has 0 heterocycles. The normalized spacial score (nSPS) is 12.6. The zero-order valence-electron chi connectivity index (χ0n) is 54.5. The van der Waals surface area contributed by atoms with Gasteiger partial charge in [0.25, 0.3) is 0 Å². The predicted octanol–water partition coefficient (Wildman–Crippen LogP) is 24.6. The lowest BCUT2D eigenvalue weighted by Gasteiger charge is -2.18. The number of rotatable bonds is 65. The fourth-order valence-corrected chi connectivity index (χ4v) is 10.4. The van der Waals surface area contributed by atoms with E-state index in [4.69, 9.17) is 14.2 Å². The first-order chi connectivity index (χ1) is 40.5. The second-order valence-electron chi connectivity index (χ2n) is 23.8. The Morgan fingerprint density at radius 2 is 0.476 bits per heavy atom. The van der Waals surface area contributed by atoms with Crippen molar-refractivity contribution in [2.24, 2.45) is 0 Å². The third kappa shape index (κ3) is 67.4. The van der Waals surface area contributed by atoms with E-state index in [0.717, 1.165) is 89.9 Å². The largest absolute Gasteiger partial charge is 0.462 e. The van der Waals surface area contributed by atoms with Gasteiger partial charge in [-0.05, 0) is 70.6 Å². The van der Waals surface area contributed by atoms with Gasteiger partial charge in [0.2, 0.25) is 0 Å². The minimum Gasteiger partial charge on any atom is -0.462 e. The molecule has 0 aromatic heterocycles. The van der Waals surface area contributed by atoms with Crippen LogP contribution in [0.5, 0.6) is 0 Å². The topological polar surface area (TPSA) is 78.9 Å². The zero-order chi connectivity index (χ0) is 59.2. The van der Waals surface area contributed by atoms with Crippen molar-refractivity contribution in [3.63, 3.8) is 0 Å². The SMILES string of the molecule is CC/C=C\C/C=C\C/C=C\C/C=C\C/C=C\C/C=C\C/C=C\CCCC(=O)OC(COC(=O)CCCCCCCCCCC)COC(=O)CCCCCCCCCCCCCCCCCCCCCCCCCCCCCCCCCC. The Bertz CT molecular complexity index is 1550. The Kier molecular flexibility index (Phi) is 67.2. The van der Waals surface area contributed by atoms with Crippen LogP contribution in [0.1, 0.15) is 361 Å². The first-order valence-electron chi connectivity index (χ1n) is 35.6. The molecule has 0 fully saturated rings. The van der Waals surface area contributed by atoms with E-state index in [1.54, 1.807) is 0 Å². The Morgan fingerprint density at radius 1 is 0.256 bits per heavy atom. The monoisotopic (exact) mass is 1140 g/mol. The van der Waals surface area contributed by atoms with Crippen molar-refractivity contribution < 1.29 is 28.6 Å². The molecule has 0 spiro atoms. The van der Waals surface area contributed by atoms with Crippen LogP contribution in [-0.4, -0.2) is 37.2 Å². The van der Waals surface area contributed by atoms with Gasteiger partial charge >= 0.3 is 17.9 Å². The van der Waals surface area contributed by atoms with Gasteiger partial charge in [-0.25, -0.2) is 0 Å². The van der Waals surface area contributed by atoms with Gasteiger partial charge in [-0.3, -0.25) is 14.4 Å². The number of unbranched alkanes of at least 4 members (excludes halogenated alkanes) is 40. The van der Waals surface area contributed by atoms with Crippen LogP contribution in [0.2, 0.25) is 0 Å². The summed E-state index contributed by atoms with van der Waals surface area (Å²) >= 11 is 0. The summed E-state index contributed by atoms with van der Waals surface area (Å²) in [5, 5.41) is 0. The van der Waals surface area contributed by atoms with Crippen molar-refractivity contribution in [2.45, 2.75) is 367 Å². The Balaban J connectivity index is 4.15. The molecule has 6 heteroatoms. The third-order valence-electron chi connectivity index (χ3n) is 15.7. The minimum absolute atomic E-state index is 0.0959. The van der Waals surface area contributed by atoms with Crippen LogP contribution in [0.4, 0.5) is 0 Å². The number of hydrogen-bond acceptors (Lipinski definition) is 6. The molecule has 6 nitrogen and oxygen atoms in total. The highest BCUT2D eigenvalue weighted by atomic mass is 16.6. The molecule has 0 N–H and O–H groups in total. The number of esters is 3. The molecule has 0 bridgehead atoms. The molecule has 1 atom stereocenters. The fourth-order valence-electron chi connectivity index (χ4n) is 10.4. The van der Waals surface area contributed by atoms with Gasteiger partial charge in [-0.15, -0.1) is 0 Å². The van der Waals surface area contributed by atoms with Crippen LogP contribution in [0, 0.1) is 0 Å². The Morgan fingerprint density at radius 3 is 0.732 bits per heavy atom. The molecule has 82 heavy (non-hydrogen) atoms. The molecular weight excluding hydrogens is 1010 g/mol. The van der Waals surface area contributed by atoms with E-state index < -0.39 is 6.10 Å². The summed E-state index contributed by atoms with van der Waals surface area (Å²) in [7, 11) is 0. The molecule has 0 aliphatic heterocycles. The summed E-state index contributed by atoms with van der Waals surface area (Å²) in [4.78, 5) is 38.2. The van der Waals surface area contributed by atoms with Crippen LogP contribution in [0.15, 0.2) is 85.1 Å². The molecule has 474 valence electrons. The quantitative estimate of drug-likeness (QED) is 0.0261. The summed E-state index contributed by atoms with van der Waals surface area (Å²) in [6, 6.07) is 0. The van der Waals surface area contributed by atoms with Crippen LogP contribution in [0.3, 0.4) is 0 Å². The van der Waals surface area contributed by atoms with Gasteiger partial charge < -0.3 is 14.2 Å². The molecule has 0 amide bonds. The molecule has 0 aliphatic rings. The number of hydrogen-bond donors (Lipinski definition) is 0. The first kappa shape index (κ1) is 78.6. The summed E-state index contributed by atoms with van der Waals surface area (Å²) in [5.41, 5.74) is 0. The van der Waals surface area contributed by atoms with Gasteiger partial charge in [0.05, 0.1) is 0 Å². The smallest absolute Gasteiger partial charge is 0.306 e. The van der Waals surface area contributed by atoms with Crippen molar-refractivity contribution in [1.82, 2.24) is 0 Å². The maximum atomic E-state index is 12.9. The van der Waals surface area contributed by atoms with Crippen molar-refractivity contribution in [1.29, 1.82) is 0 Å². The molecule has 0 saturated heterocycles. The number of allylic oxidation sites excluding steroid dienone is 14. The van der Waals surface area contributed by atoms with Gasteiger partial charge in [-0.1, -0.05) is 356 Å². The highest BCUT2D eigenvalue weighted by Crippen LogP contribution is 2.18. The number of carbonyl (C=O) groups excluding carboxylic acids is 3. The van der Waals surface area contributed by atoms with Gasteiger partial charge in [-0.2, -0.15) is 0 Å². The molecule has 0 saturated carbocycles. The van der Waals surface area contributed by atoms with Gasteiger partial charge in [0, 0.05) is 19.3 Å². The lowest BCUT2D eigenvalue weighted by molar-refractivity contribution is -0.167. The zero-order valence-corrected chi connectivity index (χ0v) is 54.5. The standard InChI is InChI=1S/C76H134O6/c1-4-7-10-13-16-19-21-23-25-27-29-31-33-34-35-36-37-38-39-40-41-43-44-46-48-50-52-54-57-60-63-66-69-75(78)81-72-73(71-80-74(77)68-65-62-59-56-18-15-12-9-6-3)82-76(79)70-67-64-61-58-55-53-51-49-47-45-42-32-30-28-26-24-22-20-17-14-11-8-5-2/h8,11,17,20,24,26,30,32,45,47,51,53,58,61,73H,4-7,9-10,12-16,18-19,21-23,25,27-29,31,33-44,46,48-50,52,54-57,59-60,62-72H2,1-3H3/b11-8-,20-17-,26-24-,32-30-,47-45-,53-51-,61-58-. The molecule has 0 rings (SSSR count). The van der Waals surface area contributed by atoms with Gasteiger partial charge in [0.1, 0.15) is 13.2 Å². The minimum atomic E-state index is -0.805. The van der Waals surface area contributed by atoms with Crippen LogP contribution in [0.25, 0.3) is 0 Å². The lowest BCUT2D eigenvalue weighted by atomic mass is 10.0. The Labute approximate surface area is 509 Å². The van der Waals surface area contributed by atoms with Crippen LogP contribution >= 0.6 is 0 Å². The maximum Gasteiger partial charge on any atom is 0.306 e. The third-order valence-corrected chi connectivity index (χ3v) is 15.7. The molecule has 0 aromatic rings. The molecule has 0 aromatic carbocycles. The number of carbonyl (C=O) groups is 3. The fraction of sp³-hybridized carbons (Fsp3) is 0.776. The van der Waals surface area contributed by atoms with E-state index in [1.165, 1.54) is 225 Å². The number of ether oxygens (including phenoxy) is 3. The second-order valence-corrected chi connectivity index (χ2v) is 23.8. The van der Waals surface area contributed by atoms with Crippen molar-refractivity contribution in [3.05, 3.63) is 85.1 Å². The maximum absolute atomic E-state index is 12.9. The molecular formula is C76H134O6. The predicted molar refractivity (Wildman–Crippen MR) is 358 cm³/mol. The van der Waals surface area contributed by atoms with Crippen LogP contribution in [-0.2, 0) is 28.6 Å². The average molecular weight is 1140 g/mol. The lowest BCUT2D eigenvalue weighted by Crippen LogP contribution is -2.30. The summed E-state index contributed by atoms with van der Waals surface area (Å²) < 4.78 is 16.9. The highest BCUT2D eigenvalue weighted by Gasteiger charge is 2.19. The van der Waals surface area contributed by atoms with Crippen molar-refractivity contribution in [3.8, 4) is 0 Å². The summed E-state index contributed by atoms with van der Waals surface area (Å²) in [6.07, 6.45) is 93.7. The van der Waals surface area contributed by atoms with E-state index in [2.05, 4.69) is 106 Å². The second kappa shape index (κ2) is 70.1. The van der Waals surface area contributed by atoms with E-state index in [1.807, 2.05) is 0 Å². The average Bonchev–Trinajstić information content (AvgIpc) is 3.48. The molecule has 1 unspecified atom stereocenters.